The number of carbonyl (C=O) groups excluding carboxylic acids is 1. The van der Waals surface area contributed by atoms with E-state index in [9.17, 15) is 4.79 Å². The predicted octanol–water partition coefficient (Wildman–Crippen LogP) is 3.62. The molecule has 19 heavy (non-hydrogen) atoms. The Morgan fingerprint density at radius 1 is 1.37 bits per heavy atom. The molecule has 2 N–H and O–H groups in total. The van der Waals surface area contributed by atoms with Gasteiger partial charge < -0.3 is 15.3 Å². The summed E-state index contributed by atoms with van der Waals surface area (Å²) in [5.74, 6) is 0. The first-order chi connectivity index (χ1) is 9.08. The fraction of sp³-hybridized carbons (Fsp3) is 0.462. The second-order valence-electron chi connectivity index (χ2n) is 4.12. The van der Waals surface area contributed by atoms with E-state index in [1.165, 1.54) is 0 Å². The van der Waals surface area contributed by atoms with Gasteiger partial charge in [0.1, 0.15) is 0 Å². The summed E-state index contributed by atoms with van der Waals surface area (Å²) >= 11 is 11.8. The third-order valence-corrected chi connectivity index (χ3v) is 3.16. The number of halogens is 2. The molecule has 0 radical (unpaired) electrons. The molecule has 0 aromatic heterocycles. The summed E-state index contributed by atoms with van der Waals surface area (Å²) in [6, 6.07) is 4.61. The second kappa shape index (κ2) is 8.25. The lowest BCUT2D eigenvalue weighted by Gasteiger charge is -2.22. The number of nitrogens with one attached hydrogen (secondary N) is 1. The van der Waals surface area contributed by atoms with Crippen molar-refractivity contribution in [1.82, 2.24) is 4.90 Å². The molecule has 106 valence electrons. The van der Waals surface area contributed by atoms with Crippen molar-refractivity contribution >= 4 is 34.9 Å². The van der Waals surface area contributed by atoms with Crippen LogP contribution in [0, 0.1) is 0 Å². The van der Waals surface area contributed by atoms with E-state index < -0.39 is 0 Å². The zero-order valence-corrected chi connectivity index (χ0v) is 12.3. The van der Waals surface area contributed by atoms with Crippen LogP contribution in [0.3, 0.4) is 0 Å². The highest BCUT2D eigenvalue weighted by molar-refractivity contribution is 6.36. The SMILES string of the molecule is CCCCN(CCO)C(=O)Nc1ccc(Cl)cc1Cl. The van der Waals surface area contributed by atoms with Gasteiger partial charge in [0.25, 0.3) is 0 Å². The standard InChI is InChI=1S/C13H18Cl2N2O2/c1-2-3-6-17(7-8-18)13(19)16-12-5-4-10(14)9-11(12)15/h4-5,9,18H,2-3,6-8H2,1H3,(H,16,19). The van der Waals surface area contributed by atoms with E-state index in [0.717, 1.165) is 12.8 Å². The summed E-state index contributed by atoms with van der Waals surface area (Å²) in [7, 11) is 0. The molecule has 0 aliphatic heterocycles. The van der Waals surface area contributed by atoms with Gasteiger partial charge in [0, 0.05) is 18.1 Å². The average Bonchev–Trinajstić information content (AvgIpc) is 2.37. The molecule has 4 nitrogen and oxygen atoms in total. The van der Waals surface area contributed by atoms with E-state index in [2.05, 4.69) is 5.32 Å². The maximum atomic E-state index is 12.1. The Morgan fingerprint density at radius 2 is 2.11 bits per heavy atom. The molecule has 0 aliphatic rings. The number of aliphatic hydroxyl groups is 1. The van der Waals surface area contributed by atoms with Crippen molar-refractivity contribution in [2.75, 3.05) is 25.0 Å². The Bertz CT molecular complexity index is 427. The van der Waals surface area contributed by atoms with Crippen LogP contribution in [0.1, 0.15) is 19.8 Å². The maximum absolute atomic E-state index is 12.1. The summed E-state index contributed by atoms with van der Waals surface area (Å²) in [4.78, 5) is 13.6. The molecule has 0 unspecified atom stereocenters. The van der Waals surface area contributed by atoms with E-state index in [1.807, 2.05) is 6.92 Å². The number of unbranched alkanes of at least 4 members (excludes halogenated alkanes) is 1. The van der Waals surface area contributed by atoms with Gasteiger partial charge in [-0.05, 0) is 24.6 Å². The fourth-order valence-corrected chi connectivity index (χ4v) is 2.03. The van der Waals surface area contributed by atoms with E-state index in [0.29, 0.717) is 28.8 Å². The summed E-state index contributed by atoms with van der Waals surface area (Å²) in [6.45, 7) is 2.89. The van der Waals surface area contributed by atoms with Gasteiger partial charge >= 0.3 is 6.03 Å². The number of urea groups is 1. The molecule has 0 saturated carbocycles. The third-order valence-electron chi connectivity index (χ3n) is 2.61. The van der Waals surface area contributed by atoms with Gasteiger partial charge in [-0.15, -0.1) is 0 Å². The van der Waals surface area contributed by atoms with Gasteiger partial charge in [-0.2, -0.15) is 0 Å². The van der Waals surface area contributed by atoms with Crippen molar-refractivity contribution < 1.29 is 9.90 Å². The largest absolute Gasteiger partial charge is 0.395 e. The van der Waals surface area contributed by atoms with Crippen LogP contribution < -0.4 is 5.32 Å². The van der Waals surface area contributed by atoms with Gasteiger partial charge in [0.05, 0.1) is 17.3 Å². The fourth-order valence-electron chi connectivity index (χ4n) is 1.57. The first kappa shape index (κ1) is 16.1. The molecule has 1 aromatic carbocycles. The quantitative estimate of drug-likeness (QED) is 0.843. The summed E-state index contributed by atoms with van der Waals surface area (Å²) < 4.78 is 0. The molecule has 0 aliphatic carbocycles. The molecule has 2 amide bonds. The van der Waals surface area contributed by atoms with Crippen molar-refractivity contribution in [1.29, 1.82) is 0 Å². The minimum atomic E-state index is -0.272. The number of anilines is 1. The van der Waals surface area contributed by atoms with Crippen LogP contribution in [-0.2, 0) is 0 Å². The molecule has 6 heteroatoms. The van der Waals surface area contributed by atoms with Gasteiger partial charge in [-0.1, -0.05) is 36.5 Å². The molecular weight excluding hydrogens is 287 g/mol. The van der Waals surface area contributed by atoms with Crippen LogP contribution in [0.25, 0.3) is 0 Å². The van der Waals surface area contributed by atoms with Crippen LogP contribution in [-0.4, -0.2) is 35.7 Å². The number of hydrogen-bond acceptors (Lipinski definition) is 2. The smallest absolute Gasteiger partial charge is 0.321 e. The monoisotopic (exact) mass is 304 g/mol. The van der Waals surface area contributed by atoms with Crippen LogP contribution in [0.4, 0.5) is 10.5 Å². The Kier molecular flexibility index (Phi) is 6.99. The lowest BCUT2D eigenvalue weighted by atomic mass is 10.3. The Balaban J connectivity index is 2.69. The van der Waals surface area contributed by atoms with Crippen molar-refractivity contribution in [2.24, 2.45) is 0 Å². The number of carbonyl (C=O) groups is 1. The number of rotatable bonds is 6. The Hall–Kier alpha value is -0.970. The lowest BCUT2D eigenvalue weighted by Crippen LogP contribution is -2.37. The summed E-state index contributed by atoms with van der Waals surface area (Å²) in [6.07, 6.45) is 1.87. The van der Waals surface area contributed by atoms with Crippen LogP contribution in [0.5, 0.6) is 0 Å². The Labute approximate surface area is 123 Å². The number of amides is 2. The van der Waals surface area contributed by atoms with Crippen LogP contribution in [0.2, 0.25) is 10.0 Å². The molecule has 0 saturated heterocycles. The van der Waals surface area contributed by atoms with E-state index in [4.69, 9.17) is 28.3 Å². The van der Waals surface area contributed by atoms with Gasteiger partial charge in [-0.25, -0.2) is 4.79 Å². The highest BCUT2D eigenvalue weighted by atomic mass is 35.5. The van der Waals surface area contributed by atoms with Crippen LogP contribution >= 0.6 is 23.2 Å². The average molecular weight is 305 g/mol. The molecule has 0 spiro atoms. The van der Waals surface area contributed by atoms with Gasteiger partial charge in [0.2, 0.25) is 0 Å². The molecule has 0 bridgehead atoms. The maximum Gasteiger partial charge on any atom is 0.321 e. The normalized spacial score (nSPS) is 10.3. The van der Waals surface area contributed by atoms with Crippen molar-refractivity contribution in [3.63, 3.8) is 0 Å². The van der Waals surface area contributed by atoms with Crippen LogP contribution in [0.15, 0.2) is 18.2 Å². The minimum Gasteiger partial charge on any atom is -0.395 e. The van der Waals surface area contributed by atoms with Crippen molar-refractivity contribution in [3.8, 4) is 0 Å². The van der Waals surface area contributed by atoms with E-state index in [-0.39, 0.29) is 12.6 Å². The van der Waals surface area contributed by atoms with E-state index in [1.54, 1.807) is 23.1 Å². The first-order valence-electron chi connectivity index (χ1n) is 6.20. The summed E-state index contributed by atoms with van der Waals surface area (Å²) in [5.41, 5.74) is 0.510. The van der Waals surface area contributed by atoms with Crippen molar-refractivity contribution in [3.05, 3.63) is 28.2 Å². The predicted molar refractivity (Wildman–Crippen MR) is 79.0 cm³/mol. The molecule has 0 atom stereocenters. The first-order valence-corrected chi connectivity index (χ1v) is 6.96. The summed E-state index contributed by atoms with van der Waals surface area (Å²) in [5, 5.41) is 12.6. The molecule has 0 heterocycles. The Morgan fingerprint density at radius 3 is 2.68 bits per heavy atom. The zero-order valence-electron chi connectivity index (χ0n) is 10.8. The second-order valence-corrected chi connectivity index (χ2v) is 4.96. The van der Waals surface area contributed by atoms with Gasteiger partial charge in [0.15, 0.2) is 0 Å². The third kappa shape index (κ3) is 5.27. The molecular formula is C13H18Cl2N2O2. The highest BCUT2D eigenvalue weighted by Gasteiger charge is 2.13. The van der Waals surface area contributed by atoms with E-state index >= 15 is 0 Å². The molecule has 1 aromatic rings. The number of hydrogen-bond donors (Lipinski definition) is 2. The molecule has 0 fully saturated rings. The number of aliphatic hydroxyl groups excluding tert-OH is 1. The number of benzene rings is 1. The topological polar surface area (TPSA) is 52.6 Å². The number of nitrogens with zero attached hydrogens (tertiary/aromatic N) is 1. The highest BCUT2D eigenvalue weighted by Crippen LogP contribution is 2.25. The van der Waals surface area contributed by atoms with Gasteiger partial charge in [-0.3, -0.25) is 0 Å². The minimum absolute atomic E-state index is 0.0640. The molecule has 1 rings (SSSR count). The lowest BCUT2D eigenvalue weighted by molar-refractivity contribution is 0.187. The van der Waals surface area contributed by atoms with Crippen molar-refractivity contribution in [2.45, 2.75) is 19.8 Å². The zero-order chi connectivity index (χ0) is 14.3.